The van der Waals surface area contributed by atoms with Crippen LogP contribution in [0.4, 0.5) is 19.0 Å². The molecule has 1 aromatic carbocycles. The number of hydrogen-bond donors (Lipinski definition) is 2. The van der Waals surface area contributed by atoms with E-state index in [9.17, 15) is 18.3 Å². The molecule has 0 bridgehead atoms. The second-order valence-electron chi connectivity index (χ2n) is 6.64. The van der Waals surface area contributed by atoms with Crippen molar-refractivity contribution in [3.05, 3.63) is 51.7 Å². The van der Waals surface area contributed by atoms with Crippen molar-refractivity contribution in [3.63, 3.8) is 0 Å². The van der Waals surface area contributed by atoms with Gasteiger partial charge in [0.25, 0.3) is 0 Å². The molecule has 4 rings (SSSR count). The molecule has 0 unspecified atom stereocenters. The van der Waals surface area contributed by atoms with E-state index in [4.69, 9.17) is 0 Å². The van der Waals surface area contributed by atoms with Gasteiger partial charge < -0.3 is 10.4 Å². The monoisotopic (exact) mass is 393 g/mol. The van der Waals surface area contributed by atoms with Crippen LogP contribution in [0.5, 0.6) is 0 Å². The minimum atomic E-state index is -4.51. The summed E-state index contributed by atoms with van der Waals surface area (Å²) in [5.41, 5.74) is 0.262. The highest BCUT2D eigenvalue weighted by Crippen LogP contribution is 2.40. The lowest BCUT2D eigenvalue weighted by Crippen LogP contribution is -2.18. The van der Waals surface area contributed by atoms with Crippen molar-refractivity contribution < 1.29 is 18.3 Å². The van der Waals surface area contributed by atoms with Gasteiger partial charge in [-0.05, 0) is 43.4 Å². The van der Waals surface area contributed by atoms with Gasteiger partial charge in [0.2, 0.25) is 0 Å². The van der Waals surface area contributed by atoms with E-state index in [1.807, 2.05) is 0 Å². The molecular formula is C19H18F3N3OS. The van der Waals surface area contributed by atoms with Crippen molar-refractivity contribution in [1.82, 2.24) is 9.97 Å². The van der Waals surface area contributed by atoms with Gasteiger partial charge in [0, 0.05) is 11.4 Å². The molecule has 2 N–H and O–H groups in total. The Morgan fingerprint density at radius 2 is 2.00 bits per heavy atom. The first-order chi connectivity index (χ1) is 12.8. The lowest BCUT2D eigenvalue weighted by atomic mass is 10.0. The highest BCUT2D eigenvalue weighted by atomic mass is 32.1. The van der Waals surface area contributed by atoms with E-state index in [1.165, 1.54) is 28.6 Å². The molecule has 2 aromatic heterocycles. The Hall–Kier alpha value is -2.19. The number of nitrogens with one attached hydrogen (secondary N) is 1. The van der Waals surface area contributed by atoms with Crippen molar-refractivity contribution in [2.75, 3.05) is 11.9 Å². The molecule has 142 valence electrons. The van der Waals surface area contributed by atoms with Crippen LogP contribution in [-0.2, 0) is 19.0 Å². The Labute approximate surface area is 158 Å². The van der Waals surface area contributed by atoms with E-state index in [0.717, 1.165) is 35.5 Å². The van der Waals surface area contributed by atoms with Gasteiger partial charge in [0.15, 0.2) is 0 Å². The lowest BCUT2D eigenvalue weighted by molar-refractivity contribution is -0.139. The maximum atomic E-state index is 13.2. The van der Waals surface area contributed by atoms with Crippen molar-refractivity contribution in [2.24, 2.45) is 0 Å². The van der Waals surface area contributed by atoms with Crippen LogP contribution >= 0.6 is 11.3 Å². The van der Waals surface area contributed by atoms with E-state index in [1.54, 1.807) is 18.3 Å². The van der Waals surface area contributed by atoms with Crippen LogP contribution in [0.2, 0.25) is 0 Å². The third-order valence-electron chi connectivity index (χ3n) is 4.76. The first-order valence-electron chi connectivity index (χ1n) is 8.71. The number of rotatable bonds is 4. The Balaban J connectivity index is 1.63. The number of aromatic nitrogens is 2. The molecule has 4 nitrogen and oxygen atoms in total. The number of hydrogen-bond acceptors (Lipinski definition) is 5. The fourth-order valence-corrected chi connectivity index (χ4v) is 4.89. The quantitative estimate of drug-likeness (QED) is 0.677. The number of aliphatic hydroxyl groups excluding tert-OH is 1. The lowest BCUT2D eigenvalue weighted by Gasteiger charge is -2.18. The highest BCUT2D eigenvalue weighted by Gasteiger charge is 2.34. The van der Waals surface area contributed by atoms with Gasteiger partial charge in [-0.15, -0.1) is 11.3 Å². The topological polar surface area (TPSA) is 58.0 Å². The third-order valence-corrected chi connectivity index (χ3v) is 5.95. The van der Waals surface area contributed by atoms with Crippen molar-refractivity contribution in [2.45, 2.75) is 38.5 Å². The van der Waals surface area contributed by atoms with Crippen LogP contribution in [0.3, 0.4) is 0 Å². The molecule has 1 atom stereocenters. The van der Waals surface area contributed by atoms with Gasteiger partial charge in [-0.25, -0.2) is 9.97 Å². The van der Waals surface area contributed by atoms with E-state index in [2.05, 4.69) is 15.3 Å². The van der Waals surface area contributed by atoms with E-state index in [-0.39, 0.29) is 12.1 Å². The molecule has 0 saturated heterocycles. The SMILES string of the molecule is Cc1nc(NC[C@H](O)c2ccccc2C(F)(F)F)c2c3c(sc2n1)CCC3. The summed E-state index contributed by atoms with van der Waals surface area (Å²) in [5.74, 6) is 1.18. The molecule has 27 heavy (non-hydrogen) atoms. The number of aliphatic hydroxyl groups is 1. The van der Waals surface area contributed by atoms with Crippen molar-refractivity contribution in [1.29, 1.82) is 0 Å². The zero-order chi connectivity index (χ0) is 19.2. The number of thiophene rings is 1. The Morgan fingerprint density at radius 1 is 1.22 bits per heavy atom. The summed E-state index contributed by atoms with van der Waals surface area (Å²) in [6.07, 6.45) is -2.75. The van der Waals surface area contributed by atoms with Gasteiger partial charge in [0.1, 0.15) is 16.5 Å². The molecule has 1 aliphatic rings. The number of nitrogens with zero attached hydrogens (tertiary/aromatic N) is 2. The summed E-state index contributed by atoms with van der Waals surface area (Å²) in [7, 11) is 0. The number of anilines is 1. The third kappa shape index (κ3) is 3.39. The van der Waals surface area contributed by atoms with Gasteiger partial charge in [-0.1, -0.05) is 18.2 Å². The second-order valence-corrected chi connectivity index (χ2v) is 7.72. The number of alkyl halides is 3. The van der Waals surface area contributed by atoms with Gasteiger partial charge in [0.05, 0.1) is 17.1 Å². The van der Waals surface area contributed by atoms with Gasteiger partial charge in [-0.2, -0.15) is 13.2 Å². The molecule has 0 saturated carbocycles. The average Bonchev–Trinajstić information content (AvgIpc) is 3.19. The molecule has 0 amide bonds. The first kappa shape index (κ1) is 18.2. The normalized spacial score (nSPS) is 15.1. The Bertz CT molecular complexity index is 1000. The molecule has 0 radical (unpaired) electrons. The van der Waals surface area contributed by atoms with Crippen LogP contribution in [0.15, 0.2) is 24.3 Å². The fourth-order valence-electron chi connectivity index (χ4n) is 3.58. The summed E-state index contributed by atoms with van der Waals surface area (Å²) >= 11 is 1.65. The summed E-state index contributed by atoms with van der Waals surface area (Å²) in [4.78, 5) is 11.1. The first-order valence-corrected chi connectivity index (χ1v) is 9.53. The average molecular weight is 393 g/mol. The number of benzene rings is 1. The predicted octanol–water partition coefficient (Wildman–Crippen LogP) is 4.65. The fraction of sp³-hybridized carbons (Fsp3) is 0.368. The van der Waals surface area contributed by atoms with Crippen LogP contribution in [0.1, 0.15) is 39.9 Å². The van der Waals surface area contributed by atoms with Crippen LogP contribution in [0, 0.1) is 6.92 Å². The van der Waals surface area contributed by atoms with E-state index >= 15 is 0 Å². The summed E-state index contributed by atoms with van der Waals surface area (Å²) in [6.45, 7) is 1.72. The standard InChI is InChI=1S/C19H18F3N3OS/c1-10-24-17(16-12-6-4-8-15(12)27-18(16)25-10)23-9-14(26)11-5-2-3-7-13(11)19(20,21)22/h2-3,5,7,14,26H,4,6,8-9H2,1H3,(H,23,24,25)/t14-/m0/s1. The molecule has 8 heteroatoms. The zero-order valence-electron chi connectivity index (χ0n) is 14.6. The molecular weight excluding hydrogens is 375 g/mol. The predicted molar refractivity (Wildman–Crippen MR) is 99.1 cm³/mol. The summed E-state index contributed by atoms with van der Waals surface area (Å²) < 4.78 is 39.6. The summed E-state index contributed by atoms with van der Waals surface area (Å²) in [5, 5.41) is 14.4. The molecule has 0 fully saturated rings. The largest absolute Gasteiger partial charge is 0.416 e. The molecule has 1 aliphatic carbocycles. The minimum Gasteiger partial charge on any atom is -0.387 e. The maximum absolute atomic E-state index is 13.2. The molecule has 3 aromatic rings. The summed E-state index contributed by atoms with van der Waals surface area (Å²) in [6, 6.07) is 5.10. The van der Waals surface area contributed by atoms with E-state index in [0.29, 0.717) is 11.6 Å². The molecule has 0 aliphatic heterocycles. The zero-order valence-corrected chi connectivity index (χ0v) is 15.4. The number of aryl methyl sites for hydroxylation is 3. The van der Waals surface area contributed by atoms with Gasteiger partial charge >= 0.3 is 6.18 Å². The molecule has 2 heterocycles. The Kier molecular flexibility index (Phi) is 4.55. The van der Waals surface area contributed by atoms with Crippen molar-refractivity contribution in [3.8, 4) is 0 Å². The van der Waals surface area contributed by atoms with Crippen molar-refractivity contribution >= 4 is 27.4 Å². The second kappa shape index (κ2) is 6.76. The smallest absolute Gasteiger partial charge is 0.387 e. The molecule has 0 spiro atoms. The van der Waals surface area contributed by atoms with Crippen LogP contribution < -0.4 is 5.32 Å². The van der Waals surface area contributed by atoms with Crippen LogP contribution in [-0.4, -0.2) is 21.6 Å². The van der Waals surface area contributed by atoms with Crippen LogP contribution in [0.25, 0.3) is 10.2 Å². The highest BCUT2D eigenvalue weighted by molar-refractivity contribution is 7.19. The maximum Gasteiger partial charge on any atom is 0.416 e. The Morgan fingerprint density at radius 3 is 2.78 bits per heavy atom. The minimum absolute atomic E-state index is 0.0662. The number of fused-ring (bicyclic) bond motifs is 3. The van der Waals surface area contributed by atoms with E-state index < -0.39 is 17.8 Å². The van der Waals surface area contributed by atoms with Gasteiger partial charge in [-0.3, -0.25) is 0 Å². The number of halogens is 3.